The molecule has 7 nitrogen and oxygen atoms in total. The summed E-state index contributed by atoms with van der Waals surface area (Å²) >= 11 is 0. The summed E-state index contributed by atoms with van der Waals surface area (Å²) in [6.07, 6.45) is 1.78. The van der Waals surface area contributed by atoms with E-state index >= 15 is 0 Å². The molecule has 0 atom stereocenters. The Morgan fingerprint density at radius 2 is 1.87 bits per heavy atom. The average Bonchev–Trinajstić information content (AvgIpc) is 3.39. The maximum absolute atomic E-state index is 11.5. The van der Waals surface area contributed by atoms with Crippen LogP contribution in [0.4, 0.5) is 0 Å². The second kappa shape index (κ2) is 7.21. The van der Waals surface area contributed by atoms with Gasteiger partial charge in [0.05, 0.1) is 5.56 Å². The van der Waals surface area contributed by atoms with Gasteiger partial charge < -0.3 is 9.63 Å². The third-order valence-corrected chi connectivity index (χ3v) is 5.25. The molecule has 0 saturated carbocycles. The molecule has 0 amide bonds. The van der Waals surface area contributed by atoms with Crippen LogP contribution in [-0.2, 0) is 0 Å². The fourth-order valence-corrected chi connectivity index (χ4v) is 3.74. The van der Waals surface area contributed by atoms with Crippen LogP contribution in [0.15, 0.2) is 71.4 Å². The molecule has 0 bridgehead atoms. The smallest absolute Gasteiger partial charge is 0.336 e. The minimum atomic E-state index is -1.01. The lowest BCUT2D eigenvalue weighted by molar-refractivity contribution is 0.0697. The Morgan fingerprint density at radius 1 is 1.03 bits per heavy atom. The van der Waals surface area contributed by atoms with Crippen LogP contribution in [0.5, 0.6) is 0 Å². The highest BCUT2D eigenvalue weighted by molar-refractivity contribution is 5.95. The van der Waals surface area contributed by atoms with E-state index in [4.69, 9.17) is 4.52 Å². The van der Waals surface area contributed by atoms with E-state index in [1.807, 2.05) is 48.7 Å². The van der Waals surface area contributed by atoms with Gasteiger partial charge in [-0.15, -0.1) is 0 Å². The number of aromatic carboxylic acids is 1. The van der Waals surface area contributed by atoms with Crippen LogP contribution >= 0.6 is 0 Å². The Labute approximate surface area is 177 Å². The highest BCUT2D eigenvalue weighted by atomic mass is 16.5. The third-order valence-electron chi connectivity index (χ3n) is 5.25. The van der Waals surface area contributed by atoms with E-state index < -0.39 is 5.97 Å². The minimum Gasteiger partial charge on any atom is -0.478 e. The highest BCUT2D eigenvalue weighted by Gasteiger charge is 2.17. The fourth-order valence-electron chi connectivity index (χ4n) is 3.74. The van der Waals surface area contributed by atoms with Crippen LogP contribution in [0, 0.1) is 13.8 Å². The van der Waals surface area contributed by atoms with Crippen molar-refractivity contribution < 1.29 is 14.4 Å². The molecule has 3 aromatic heterocycles. The summed E-state index contributed by atoms with van der Waals surface area (Å²) in [5, 5.41) is 13.6. The number of fused-ring (bicyclic) bond motifs is 1. The number of carboxylic acids is 1. The summed E-state index contributed by atoms with van der Waals surface area (Å²) in [7, 11) is 0. The maximum atomic E-state index is 11.5. The minimum absolute atomic E-state index is 0.179. The van der Waals surface area contributed by atoms with Gasteiger partial charge in [-0.05, 0) is 43.7 Å². The van der Waals surface area contributed by atoms with Crippen molar-refractivity contribution >= 4 is 17.1 Å². The number of carboxylic acid groups (broad SMARTS) is 1. The largest absolute Gasteiger partial charge is 0.478 e. The van der Waals surface area contributed by atoms with Crippen molar-refractivity contribution in [3.63, 3.8) is 0 Å². The molecule has 3 heterocycles. The van der Waals surface area contributed by atoms with Crippen molar-refractivity contribution in [1.29, 1.82) is 0 Å². The lowest BCUT2D eigenvalue weighted by Gasteiger charge is -2.07. The zero-order valence-corrected chi connectivity index (χ0v) is 16.9. The number of hydrogen-bond acceptors (Lipinski definition) is 5. The van der Waals surface area contributed by atoms with Gasteiger partial charge in [0.1, 0.15) is 17.0 Å². The lowest BCUT2D eigenvalue weighted by Crippen LogP contribution is -1.99. The van der Waals surface area contributed by atoms with E-state index in [1.165, 1.54) is 0 Å². The molecule has 0 radical (unpaired) electrons. The average molecular weight is 410 g/mol. The van der Waals surface area contributed by atoms with E-state index in [0.717, 1.165) is 33.8 Å². The van der Waals surface area contributed by atoms with Gasteiger partial charge in [-0.2, -0.15) is 0 Å². The van der Waals surface area contributed by atoms with E-state index in [0.29, 0.717) is 17.0 Å². The first-order chi connectivity index (χ1) is 15.0. The number of nitrogens with zero attached hydrogens (tertiary/aromatic N) is 4. The Balaban J connectivity index is 1.59. The van der Waals surface area contributed by atoms with Crippen molar-refractivity contribution in [3.05, 3.63) is 83.8 Å². The Kier molecular flexibility index (Phi) is 4.36. The van der Waals surface area contributed by atoms with E-state index in [2.05, 4.69) is 15.1 Å². The van der Waals surface area contributed by atoms with Crippen LogP contribution in [-0.4, -0.2) is 30.8 Å². The molecular weight excluding hydrogens is 392 g/mol. The van der Waals surface area contributed by atoms with Crippen LogP contribution in [0.25, 0.3) is 39.4 Å². The molecule has 0 fully saturated rings. The SMILES string of the molecule is Cc1ccnc2c1nc(C)n2-c1cccc(-c2cc(-c3ccccc3C(=O)O)no2)c1. The van der Waals surface area contributed by atoms with Gasteiger partial charge in [0.25, 0.3) is 0 Å². The van der Waals surface area contributed by atoms with Crippen molar-refractivity contribution in [2.24, 2.45) is 0 Å². The predicted octanol–water partition coefficient (Wildman–Crippen LogP) is 5.06. The molecule has 0 aliphatic heterocycles. The molecule has 31 heavy (non-hydrogen) atoms. The normalized spacial score (nSPS) is 11.2. The quantitative estimate of drug-likeness (QED) is 0.445. The molecular formula is C24H18N4O3. The fraction of sp³-hybridized carbons (Fsp3) is 0.0833. The summed E-state index contributed by atoms with van der Waals surface area (Å²) in [4.78, 5) is 20.7. The molecule has 1 N–H and O–H groups in total. The van der Waals surface area contributed by atoms with Gasteiger partial charge in [0, 0.05) is 29.1 Å². The van der Waals surface area contributed by atoms with Gasteiger partial charge >= 0.3 is 5.97 Å². The predicted molar refractivity (Wildman–Crippen MR) is 116 cm³/mol. The van der Waals surface area contributed by atoms with Crippen molar-refractivity contribution in [2.45, 2.75) is 13.8 Å². The van der Waals surface area contributed by atoms with E-state index in [1.54, 1.807) is 36.5 Å². The monoisotopic (exact) mass is 410 g/mol. The zero-order chi connectivity index (χ0) is 21.5. The lowest BCUT2D eigenvalue weighted by atomic mass is 10.0. The van der Waals surface area contributed by atoms with Crippen LogP contribution in [0.2, 0.25) is 0 Å². The Bertz CT molecular complexity index is 1450. The standard InChI is InChI=1S/C24H18N4O3/c1-14-10-11-25-23-22(14)26-15(2)28(23)17-7-5-6-16(12-17)21-13-20(27-31-21)18-8-3-4-9-19(18)24(29)30/h3-13H,1-2H3,(H,29,30). The second-order valence-electron chi connectivity index (χ2n) is 7.27. The van der Waals surface area contributed by atoms with E-state index in [9.17, 15) is 9.90 Å². The molecule has 0 aliphatic rings. The number of pyridine rings is 1. The van der Waals surface area contributed by atoms with Gasteiger partial charge in [0.2, 0.25) is 0 Å². The van der Waals surface area contributed by atoms with E-state index in [-0.39, 0.29) is 5.56 Å². The number of imidazole rings is 1. The highest BCUT2D eigenvalue weighted by Crippen LogP contribution is 2.30. The Hall–Kier alpha value is -4.26. The van der Waals surface area contributed by atoms with Crippen molar-refractivity contribution in [1.82, 2.24) is 19.7 Å². The van der Waals surface area contributed by atoms with Crippen molar-refractivity contribution in [3.8, 4) is 28.3 Å². The van der Waals surface area contributed by atoms with Crippen LogP contribution in [0.1, 0.15) is 21.7 Å². The molecule has 5 rings (SSSR count). The third kappa shape index (κ3) is 3.16. The molecule has 0 aliphatic carbocycles. The first-order valence-corrected chi connectivity index (χ1v) is 9.74. The molecule has 5 aromatic rings. The molecule has 0 spiro atoms. The molecule has 2 aromatic carbocycles. The van der Waals surface area contributed by atoms with Crippen LogP contribution < -0.4 is 0 Å². The maximum Gasteiger partial charge on any atom is 0.336 e. The molecule has 152 valence electrons. The van der Waals surface area contributed by atoms with Crippen molar-refractivity contribution in [2.75, 3.05) is 0 Å². The molecule has 0 saturated heterocycles. The zero-order valence-electron chi connectivity index (χ0n) is 16.9. The van der Waals surface area contributed by atoms with Gasteiger partial charge in [0.15, 0.2) is 11.4 Å². The molecule has 0 unspecified atom stereocenters. The van der Waals surface area contributed by atoms with Gasteiger partial charge in [-0.1, -0.05) is 35.5 Å². The second-order valence-corrected chi connectivity index (χ2v) is 7.27. The number of carbonyl (C=O) groups is 1. The number of benzene rings is 2. The summed E-state index contributed by atoms with van der Waals surface area (Å²) in [5.41, 5.74) is 5.62. The first-order valence-electron chi connectivity index (χ1n) is 9.74. The number of rotatable bonds is 4. The van der Waals surface area contributed by atoms with Gasteiger partial charge in [-0.3, -0.25) is 4.57 Å². The summed E-state index contributed by atoms with van der Waals surface area (Å²) in [6.45, 7) is 3.96. The van der Waals surface area contributed by atoms with Gasteiger partial charge in [-0.25, -0.2) is 14.8 Å². The first kappa shape index (κ1) is 18.7. The number of hydrogen-bond donors (Lipinski definition) is 1. The summed E-state index contributed by atoms with van der Waals surface area (Å²) in [6, 6.07) is 18.2. The number of aromatic nitrogens is 4. The summed E-state index contributed by atoms with van der Waals surface area (Å²) in [5.74, 6) is 0.373. The summed E-state index contributed by atoms with van der Waals surface area (Å²) < 4.78 is 7.57. The Morgan fingerprint density at radius 3 is 2.71 bits per heavy atom. The number of aryl methyl sites for hydroxylation is 2. The molecule has 7 heteroatoms. The topological polar surface area (TPSA) is 94.0 Å². The van der Waals surface area contributed by atoms with Crippen LogP contribution in [0.3, 0.4) is 0 Å².